The third-order valence-electron chi connectivity index (χ3n) is 1.48. The number of hydrogen-bond acceptors (Lipinski definition) is 2. The maximum Gasteiger partial charge on any atom is 0.103 e. The number of anilines is 1. The zero-order valence-electron chi connectivity index (χ0n) is 6.76. The predicted octanol–water partition coefficient (Wildman–Crippen LogP) is 2.69. The van der Waals surface area contributed by atoms with E-state index >= 15 is 0 Å². The number of nitrogens with zero attached hydrogens (tertiary/aromatic N) is 1. The van der Waals surface area contributed by atoms with Gasteiger partial charge in [-0.2, -0.15) is 5.26 Å². The average Bonchev–Trinajstić information content (AvgIpc) is 2.03. The Morgan fingerprint density at radius 2 is 2.33 bits per heavy atom. The topological polar surface area (TPSA) is 35.8 Å². The molecule has 0 aromatic heterocycles. The maximum atomic E-state index is 8.35. The third kappa shape index (κ3) is 2.24. The number of aryl methyl sites for hydroxylation is 1. The fourth-order valence-corrected chi connectivity index (χ4v) is 1.53. The van der Waals surface area contributed by atoms with Crippen LogP contribution in [0.3, 0.4) is 0 Å². The second-order valence-corrected chi connectivity index (χ2v) is 3.35. The van der Waals surface area contributed by atoms with Crippen molar-refractivity contribution in [1.29, 1.82) is 5.26 Å². The van der Waals surface area contributed by atoms with Crippen molar-refractivity contribution in [2.45, 2.75) is 6.92 Å². The summed E-state index contributed by atoms with van der Waals surface area (Å²) in [5, 5.41) is 11.3. The molecule has 62 valence electrons. The van der Waals surface area contributed by atoms with Gasteiger partial charge in [0.15, 0.2) is 0 Å². The highest BCUT2D eigenvalue weighted by Gasteiger charge is 1.97. The second-order valence-electron chi connectivity index (χ2n) is 2.49. The van der Waals surface area contributed by atoms with E-state index in [0.29, 0.717) is 6.54 Å². The van der Waals surface area contributed by atoms with Gasteiger partial charge in [0.2, 0.25) is 0 Å². The zero-order valence-corrected chi connectivity index (χ0v) is 8.35. The first kappa shape index (κ1) is 9.08. The molecule has 1 N–H and O–H groups in total. The lowest BCUT2D eigenvalue weighted by atomic mass is 10.2. The van der Waals surface area contributed by atoms with Gasteiger partial charge >= 0.3 is 0 Å². The molecule has 0 bridgehead atoms. The monoisotopic (exact) mass is 224 g/mol. The molecule has 12 heavy (non-hydrogen) atoms. The molecule has 0 aliphatic heterocycles. The van der Waals surface area contributed by atoms with Crippen LogP contribution in [0.5, 0.6) is 0 Å². The highest BCUT2D eigenvalue weighted by atomic mass is 79.9. The molecule has 0 radical (unpaired) electrons. The van der Waals surface area contributed by atoms with Gasteiger partial charge < -0.3 is 5.32 Å². The minimum Gasteiger partial charge on any atom is -0.371 e. The lowest BCUT2D eigenvalue weighted by Crippen LogP contribution is -1.98. The van der Waals surface area contributed by atoms with Crippen LogP contribution in [-0.2, 0) is 0 Å². The van der Waals surface area contributed by atoms with Crippen molar-refractivity contribution in [3.63, 3.8) is 0 Å². The number of nitrogens with one attached hydrogen (secondary N) is 1. The van der Waals surface area contributed by atoms with Crippen molar-refractivity contribution in [2.75, 3.05) is 11.9 Å². The number of halogens is 1. The van der Waals surface area contributed by atoms with Gasteiger partial charge in [0, 0.05) is 10.2 Å². The first-order valence-electron chi connectivity index (χ1n) is 3.61. The van der Waals surface area contributed by atoms with E-state index in [1.165, 1.54) is 5.56 Å². The van der Waals surface area contributed by atoms with Crippen LogP contribution in [0.4, 0.5) is 5.69 Å². The van der Waals surface area contributed by atoms with E-state index in [-0.39, 0.29) is 0 Å². The Morgan fingerprint density at radius 1 is 1.58 bits per heavy atom. The summed E-state index contributed by atoms with van der Waals surface area (Å²) in [7, 11) is 0. The normalized spacial score (nSPS) is 9.08. The van der Waals surface area contributed by atoms with Crippen LogP contribution in [0.25, 0.3) is 0 Å². The minimum atomic E-state index is 0.335. The van der Waals surface area contributed by atoms with Crippen molar-refractivity contribution < 1.29 is 0 Å². The summed E-state index contributed by atoms with van der Waals surface area (Å²) in [5.41, 5.74) is 2.16. The fraction of sp³-hybridized carbons (Fsp3) is 0.222. The summed E-state index contributed by atoms with van der Waals surface area (Å²) >= 11 is 3.41. The summed E-state index contributed by atoms with van der Waals surface area (Å²) in [4.78, 5) is 0. The van der Waals surface area contributed by atoms with Gasteiger partial charge in [-0.05, 0) is 40.5 Å². The molecule has 0 aliphatic rings. The lowest BCUT2D eigenvalue weighted by Gasteiger charge is -2.04. The summed E-state index contributed by atoms with van der Waals surface area (Å²) in [6, 6.07) is 8.00. The molecule has 0 aliphatic carbocycles. The Kier molecular flexibility index (Phi) is 3.12. The molecule has 0 fully saturated rings. The van der Waals surface area contributed by atoms with Gasteiger partial charge in [-0.25, -0.2) is 0 Å². The Labute approximate surface area is 80.3 Å². The summed E-state index contributed by atoms with van der Waals surface area (Å²) < 4.78 is 0.998. The molecule has 1 aromatic carbocycles. The third-order valence-corrected chi connectivity index (χ3v) is 2.14. The molecule has 0 saturated heterocycles. The molecule has 2 nitrogen and oxygen atoms in total. The highest BCUT2D eigenvalue weighted by Crippen LogP contribution is 2.22. The molecule has 0 saturated carbocycles. The van der Waals surface area contributed by atoms with E-state index in [0.717, 1.165) is 10.2 Å². The van der Waals surface area contributed by atoms with Gasteiger partial charge in [-0.15, -0.1) is 0 Å². The fourth-order valence-electron chi connectivity index (χ4n) is 0.898. The first-order valence-corrected chi connectivity index (χ1v) is 4.40. The van der Waals surface area contributed by atoms with Crippen LogP contribution in [0.15, 0.2) is 22.7 Å². The quantitative estimate of drug-likeness (QED) is 0.785. The molecular formula is C9H9BrN2. The molecular weight excluding hydrogens is 216 g/mol. The van der Waals surface area contributed by atoms with Gasteiger partial charge in [-0.1, -0.05) is 6.07 Å². The molecule has 0 spiro atoms. The average molecular weight is 225 g/mol. The smallest absolute Gasteiger partial charge is 0.103 e. The number of benzene rings is 1. The minimum absolute atomic E-state index is 0.335. The number of hydrogen-bond donors (Lipinski definition) is 1. The van der Waals surface area contributed by atoms with Crippen molar-refractivity contribution in [3.05, 3.63) is 28.2 Å². The standard InChI is InChI=1S/C9H9BrN2/c1-7-2-3-9(8(10)6-7)12-5-4-11/h2-3,6,12H,5H2,1H3. The van der Waals surface area contributed by atoms with E-state index < -0.39 is 0 Å². The summed E-state index contributed by atoms with van der Waals surface area (Å²) in [5.74, 6) is 0. The Balaban J connectivity index is 2.81. The molecule has 3 heteroatoms. The summed E-state index contributed by atoms with van der Waals surface area (Å²) in [6.45, 7) is 2.36. The van der Waals surface area contributed by atoms with E-state index in [9.17, 15) is 0 Å². The number of nitriles is 1. The van der Waals surface area contributed by atoms with Gasteiger partial charge in [0.05, 0.1) is 6.07 Å². The van der Waals surface area contributed by atoms with Crippen LogP contribution < -0.4 is 5.32 Å². The van der Waals surface area contributed by atoms with Gasteiger partial charge in [-0.3, -0.25) is 0 Å². The molecule has 0 atom stereocenters. The number of rotatable bonds is 2. The van der Waals surface area contributed by atoms with Crippen LogP contribution in [0.2, 0.25) is 0 Å². The Bertz CT molecular complexity index is 315. The van der Waals surface area contributed by atoms with Crippen LogP contribution in [-0.4, -0.2) is 6.54 Å². The molecule has 0 amide bonds. The van der Waals surface area contributed by atoms with Crippen LogP contribution in [0.1, 0.15) is 5.56 Å². The Morgan fingerprint density at radius 3 is 2.92 bits per heavy atom. The molecule has 0 heterocycles. The van der Waals surface area contributed by atoms with E-state index in [1.807, 2.05) is 31.2 Å². The van der Waals surface area contributed by atoms with E-state index in [4.69, 9.17) is 5.26 Å². The maximum absolute atomic E-state index is 8.35. The van der Waals surface area contributed by atoms with Crippen molar-refractivity contribution in [1.82, 2.24) is 0 Å². The first-order chi connectivity index (χ1) is 5.74. The van der Waals surface area contributed by atoms with Crippen molar-refractivity contribution in [3.8, 4) is 6.07 Å². The van der Waals surface area contributed by atoms with Crippen LogP contribution in [0, 0.1) is 18.3 Å². The van der Waals surface area contributed by atoms with E-state index in [1.54, 1.807) is 0 Å². The largest absolute Gasteiger partial charge is 0.371 e. The predicted molar refractivity (Wildman–Crippen MR) is 53.0 cm³/mol. The van der Waals surface area contributed by atoms with Crippen molar-refractivity contribution >= 4 is 21.6 Å². The molecule has 1 aromatic rings. The van der Waals surface area contributed by atoms with Crippen LogP contribution >= 0.6 is 15.9 Å². The summed E-state index contributed by atoms with van der Waals surface area (Å²) in [6.07, 6.45) is 0. The second kappa shape index (κ2) is 4.13. The van der Waals surface area contributed by atoms with Gasteiger partial charge in [0.25, 0.3) is 0 Å². The van der Waals surface area contributed by atoms with Crippen molar-refractivity contribution in [2.24, 2.45) is 0 Å². The zero-order chi connectivity index (χ0) is 8.97. The highest BCUT2D eigenvalue weighted by molar-refractivity contribution is 9.10. The van der Waals surface area contributed by atoms with E-state index in [2.05, 4.69) is 21.2 Å². The lowest BCUT2D eigenvalue weighted by molar-refractivity contribution is 1.30. The SMILES string of the molecule is Cc1ccc(NCC#N)c(Br)c1. The molecule has 1 rings (SSSR count). The Hall–Kier alpha value is -1.01. The molecule has 0 unspecified atom stereocenters. The van der Waals surface area contributed by atoms with Gasteiger partial charge in [0.1, 0.15) is 6.54 Å².